The minimum atomic E-state index is -0.924. The maximum absolute atomic E-state index is 13.7. The molecule has 1 aromatic carbocycles. The number of hydrogen-bond donors (Lipinski definition) is 1. The lowest BCUT2D eigenvalue weighted by Crippen LogP contribution is -2.56. The normalized spacial score (nSPS) is 18.9. The topological polar surface area (TPSA) is 76.6 Å². The number of fused-ring (bicyclic) bond motifs is 2. The lowest BCUT2D eigenvalue weighted by Gasteiger charge is -2.45. The summed E-state index contributed by atoms with van der Waals surface area (Å²) in [6.07, 6.45) is 1.77. The second kappa shape index (κ2) is 7.54. The second-order valence-corrected chi connectivity index (χ2v) is 9.67. The van der Waals surface area contributed by atoms with E-state index in [9.17, 15) is 13.6 Å². The Kier molecular flexibility index (Phi) is 4.72. The summed E-state index contributed by atoms with van der Waals surface area (Å²) in [5.74, 6) is -1.44. The Balaban J connectivity index is 1.33. The number of rotatable bonds is 5. The highest BCUT2D eigenvalue weighted by Crippen LogP contribution is 2.50. The summed E-state index contributed by atoms with van der Waals surface area (Å²) in [5.41, 5.74) is 2.25. The Morgan fingerprint density at radius 2 is 2.03 bits per heavy atom. The maximum Gasteiger partial charge on any atom is 0.256 e. The highest BCUT2D eigenvalue weighted by atomic mass is 32.1. The van der Waals surface area contributed by atoms with Crippen molar-refractivity contribution in [2.24, 2.45) is 0 Å². The van der Waals surface area contributed by atoms with Crippen LogP contribution in [0.5, 0.6) is 0 Å². The molecule has 1 amide bonds. The Labute approximate surface area is 192 Å². The highest BCUT2D eigenvalue weighted by Gasteiger charge is 2.56. The third kappa shape index (κ3) is 3.24. The van der Waals surface area contributed by atoms with Gasteiger partial charge in [-0.1, -0.05) is 6.07 Å². The van der Waals surface area contributed by atoms with Gasteiger partial charge in [0.1, 0.15) is 5.54 Å². The smallest absolute Gasteiger partial charge is 0.256 e. The molecule has 0 atom stereocenters. The first-order valence-electron chi connectivity index (χ1n) is 10.6. The van der Waals surface area contributed by atoms with Gasteiger partial charge in [0.25, 0.3) is 5.91 Å². The average molecular weight is 471 g/mol. The van der Waals surface area contributed by atoms with Crippen LogP contribution in [0.3, 0.4) is 0 Å². The lowest BCUT2D eigenvalue weighted by molar-refractivity contribution is -0.126. The largest absolute Gasteiger partial charge is 0.377 e. The SMILES string of the molecule is Cc1cnc(NC2COC2)nc1-c1cc2c(s1)C1(COC1)N(Cc1ccc(F)c(F)c1)C2=O. The number of aromatic nitrogens is 2. The number of carbonyl (C=O) groups excluding carboxylic acids is 1. The summed E-state index contributed by atoms with van der Waals surface area (Å²) in [7, 11) is 0. The monoisotopic (exact) mass is 470 g/mol. The predicted octanol–water partition coefficient (Wildman–Crippen LogP) is 3.48. The Morgan fingerprint density at radius 3 is 2.70 bits per heavy atom. The molecule has 10 heteroatoms. The van der Waals surface area contributed by atoms with Crippen LogP contribution >= 0.6 is 11.3 Å². The highest BCUT2D eigenvalue weighted by molar-refractivity contribution is 7.16. The van der Waals surface area contributed by atoms with Crippen LogP contribution < -0.4 is 5.32 Å². The van der Waals surface area contributed by atoms with Crippen LogP contribution in [0.15, 0.2) is 30.5 Å². The molecule has 0 saturated carbocycles. The van der Waals surface area contributed by atoms with Gasteiger partial charge in [0.2, 0.25) is 5.95 Å². The van der Waals surface area contributed by atoms with Crippen molar-refractivity contribution in [3.05, 3.63) is 63.7 Å². The summed E-state index contributed by atoms with van der Waals surface area (Å²) < 4.78 is 37.8. The first kappa shape index (κ1) is 20.6. The summed E-state index contributed by atoms with van der Waals surface area (Å²) in [6, 6.07) is 5.81. The summed E-state index contributed by atoms with van der Waals surface area (Å²) >= 11 is 1.52. The molecule has 0 radical (unpaired) electrons. The zero-order valence-electron chi connectivity index (χ0n) is 17.7. The summed E-state index contributed by atoms with van der Waals surface area (Å²) in [6.45, 7) is 4.12. The van der Waals surface area contributed by atoms with Gasteiger partial charge in [0, 0.05) is 17.6 Å². The van der Waals surface area contributed by atoms with E-state index < -0.39 is 17.2 Å². The summed E-state index contributed by atoms with van der Waals surface area (Å²) in [4.78, 5) is 26.0. The van der Waals surface area contributed by atoms with E-state index in [2.05, 4.69) is 10.3 Å². The molecule has 2 aromatic heterocycles. The van der Waals surface area contributed by atoms with Crippen molar-refractivity contribution in [3.63, 3.8) is 0 Å². The molecule has 2 fully saturated rings. The number of carbonyl (C=O) groups is 1. The van der Waals surface area contributed by atoms with E-state index in [1.54, 1.807) is 11.1 Å². The number of benzene rings is 1. The van der Waals surface area contributed by atoms with E-state index in [-0.39, 0.29) is 18.5 Å². The molecule has 0 bridgehead atoms. The number of nitrogens with one attached hydrogen (secondary N) is 1. The molecule has 2 saturated heterocycles. The molecule has 3 aliphatic heterocycles. The first-order chi connectivity index (χ1) is 15.9. The number of nitrogens with zero attached hydrogens (tertiary/aromatic N) is 3. The first-order valence-corrected chi connectivity index (χ1v) is 11.4. The number of anilines is 1. The van der Waals surface area contributed by atoms with E-state index in [4.69, 9.17) is 14.5 Å². The van der Waals surface area contributed by atoms with Gasteiger partial charge < -0.3 is 19.7 Å². The molecule has 3 aromatic rings. The Morgan fingerprint density at radius 1 is 1.21 bits per heavy atom. The van der Waals surface area contributed by atoms with Crippen molar-refractivity contribution in [1.82, 2.24) is 14.9 Å². The van der Waals surface area contributed by atoms with Gasteiger partial charge in [0.15, 0.2) is 11.6 Å². The van der Waals surface area contributed by atoms with Gasteiger partial charge in [-0.15, -0.1) is 11.3 Å². The second-order valence-electron chi connectivity index (χ2n) is 8.62. The summed E-state index contributed by atoms with van der Waals surface area (Å²) in [5, 5.41) is 3.26. The number of amides is 1. The van der Waals surface area contributed by atoms with Crippen LogP contribution in [0.2, 0.25) is 0 Å². The quantitative estimate of drug-likeness (QED) is 0.615. The van der Waals surface area contributed by atoms with Crippen LogP contribution in [-0.4, -0.2) is 53.2 Å². The molecule has 33 heavy (non-hydrogen) atoms. The van der Waals surface area contributed by atoms with E-state index >= 15 is 0 Å². The van der Waals surface area contributed by atoms with Crippen molar-refractivity contribution in [1.29, 1.82) is 0 Å². The molecule has 7 nitrogen and oxygen atoms in total. The molecule has 0 aliphatic carbocycles. The average Bonchev–Trinajstić information content (AvgIpc) is 3.26. The minimum Gasteiger partial charge on any atom is -0.377 e. The Bertz CT molecular complexity index is 1270. The van der Waals surface area contributed by atoms with E-state index in [1.165, 1.54) is 17.4 Å². The van der Waals surface area contributed by atoms with Gasteiger partial charge in [-0.25, -0.2) is 18.7 Å². The number of ether oxygens (including phenoxy) is 2. The van der Waals surface area contributed by atoms with E-state index in [0.717, 1.165) is 33.1 Å². The van der Waals surface area contributed by atoms with Gasteiger partial charge in [0.05, 0.1) is 48.6 Å². The van der Waals surface area contributed by atoms with E-state index in [0.29, 0.717) is 43.5 Å². The molecule has 3 aliphatic rings. The predicted molar refractivity (Wildman–Crippen MR) is 117 cm³/mol. The maximum atomic E-state index is 13.7. The molecular formula is C23H20F2N4O3S. The van der Waals surface area contributed by atoms with Crippen LogP contribution in [0.25, 0.3) is 10.6 Å². The number of halogens is 2. The van der Waals surface area contributed by atoms with Crippen LogP contribution in [-0.2, 0) is 21.6 Å². The standard InChI is InChI=1S/C23H20F2N4O3S/c1-12-6-26-22(27-14-8-31-9-14)28-19(12)18-5-15-20(33-18)23(10-32-11-23)29(21(15)30)7-13-2-3-16(24)17(25)4-13/h2-6,14H,7-11H2,1H3,(H,26,27,28). The molecule has 5 heterocycles. The number of hydrogen-bond acceptors (Lipinski definition) is 7. The third-order valence-electron chi connectivity index (χ3n) is 6.33. The molecule has 0 unspecified atom stereocenters. The molecular weight excluding hydrogens is 450 g/mol. The number of thiophene rings is 1. The van der Waals surface area contributed by atoms with Crippen molar-refractivity contribution in [2.75, 3.05) is 31.7 Å². The fourth-order valence-electron chi connectivity index (χ4n) is 4.36. The number of aryl methyl sites for hydroxylation is 1. The van der Waals surface area contributed by atoms with Gasteiger partial charge in [-0.3, -0.25) is 4.79 Å². The van der Waals surface area contributed by atoms with Crippen LogP contribution in [0.4, 0.5) is 14.7 Å². The fourth-order valence-corrected chi connectivity index (χ4v) is 5.74. The Hall–Kier alpha value is -2.95. The van der Waals surface area contributed by atoms with Gasteiger partial charge in [-0.05, 0) is 36.2 Å². The van der Waals surface area contributed by atoms with Gasteiger partial charge in [-0.2, -0.15) is 0 Å². The molecule has 1 N–H and O–H groups in total. The lowest BCUT2D eigenvalue weighted by atomic mass is 9.94. The zero-order chi connectivity index (χ0) is 22.7. The van der Waals surface area contributed by atoms with Crippen LogP contribution in [0.1, 0.15) is 26.4 Å². The molecule has 1 spiro atoms. The van der Waals surface area contributed by atoms with Gasteiger partial charge >= 0.3 is 0 Å². The molecule has 170 valence electrons. The van der Waals surface area contributed by atoms with Crippen LogP contribution in [0, 0.1) is 18.6 Å². The van der Waals surface area contributed by atoms with Crippen molar-refractivity contribution >= 4 is 23.2 Å². The third-order valence-corrected chi connectivity index (χ3v) is 7.66. The molecule has 6 rings (SSSR count). The van der Waals surface area contributed by atoms with Crippen molar-refractivity contribution in [2.45, 2.75) is 25.0 Å². The fraction of sp³-hybridized carbons (Fsp3) is 0.348. The van der Waals surface area contributed by atoms with Crippen molar-refractivity contribution < 1.29 is 23.0 Å². The zero-order valence-corrected chi connectivity index (χ0v) is 18.5. The minimum absolute atomic E-state index is 0.141. The van der Waals surface area contributed by atoms with E-state index in [1.807, 2.05) is 13.0 Å². The van der Waals surface area contributed by atoms with Crippen molar-refractivity contribution in [3.8, 4) is 10.6 Å².